The number of carbonyl (C=O) groups is 1. The third-order valence-electron chi connectivity index (χ3n) is 3.28. The highest BCUT2D eigenvalue weighted by Crippen LogP contribution is 2.04. The Balaban J connectivity index is 2.15. The van der Waals surface area contributed by atoms with Crippen LogP contribution in [0.5, 0.6) is 0 Å². The fraction of sp³-hybridized carbons (Fsp3) is 0.917. The Hall–Kier alpha value is -0.650. The third-order valence-corrected chi connectivity index (χ3v) is 3.28. The van der Waals surface area contributed by atoms with Crippen LogP contribution < -0.4 is 11.1 Å². The maximum absolute atomic E-state index is 11.1. The Morgan fingerprint density at radius 3 is 2.41 bits per heavy atom. The van der Waals surface area contributed by atoms with Crippen molar-refractivity contribution in [2.24, 2.45) is 5.73 Å². The molecular formula is C12H26N4O. The second-order valence-electron chi connectivity index (χ2n) is 4.60. The van der Waals surface area contributed by atoms with E-state index in [0.29, 0.717) is 6.42 Å². The highest BCUT2D eigenvalue weighted by molar-refractivity contribution is 5.75. The molecule has 0 aromatic carbocycles. The van der Waals surface area contributed by atoms with E-state index in [-0.39, 0.29) is 5.91 Å². The molecule has 0 aromatic heterocycles. The van der Waals surface area contributed by atoms with Crippen molar-refractivity contribution in [2.45, 2.75) is 19.3 Å². The normalized spacial score (nSPS) is 18.9. The predicted molar refractivity (Wildman–Crippen MR) is 69.9 cm³/mol. The van der Waals surface area contributed by atoms with Gasteiger partial charge in [-0.05, 0) is 32.5 Å². The fourth-order valence-corrected chi connectivity index (χ4v) is 2.24. The molecule has 1 saturated heterocycles. The van der Waals surface area contributed by atoms with Crippen LogP contribution >= 0.6 is 0 Å². The summed E-state index contributed by atoms with van der Waals surface area (Å²) in [7, 11) is 1.69. The van der Waals surface area contributed by atoms with E-state index >= 15 is 0 Å². The second kappa shape index (κ2) is 8.44. The lowest BCUT2D eigenvalue weighted by Crippen LogP contribution is -2.34. The molecule has 0 aliphatic carbocycles. The van der Waals surface area contributed by atoms with Crippen LogP contribution in [0.3, 0.4) is 0 Å². The molecule has 100 valence electrons. The molecular weight excluding hydrogens is 216 g/mol. The number of nitrogens with two attached hydrogens (primary N) is 1. The molecule has 1 amide bonds. The average Bonchev–Trinajstić information content (AvgIpc) is 2.55. The van der Waals surface area contributed by atoms with Crippen molar-refractivity contribution < 1.29 is 4.79 Å². The second-order valence-corrected chi connectivity index (χ2v) is 4.60. The van der Waals surface area contributed by atoms with Crippen LogP contribution in [0.1, 0.15) is 19.3 Å². The van der Waals surface area contributed by atoms with Crippen molar-refractivity contribution in [3.63, 3.8) is 0 Å². The van der Waals surface area contributed by atoms with E-state index < -0.39 is 0 Å². The zero-order valence-electron chi connectivity index (χ0n) is 11.0. The van der Waals surface area contributed by atoms with Crippen LogP contribution in [0.25, 0.3) is 0 Å². The quantitative estimate of drug-likeness (QED) is 0.658. The smallest absolute Gasteiger partial charge is 0.219 e. The molecule has 5 nitrogen and oxygen atoms in total. The molecule has 1 heterocycles. The molecule has 3 N–H and O–H groups in total. The summed E-state index contributed by atoms with van der Waals surface area (Å²) < 4.78 is 0. The topological polar surface area (TPSA) is 61.6 Å². The highest BCUT2D eigenvalue weighted by atomic mass is 16.1. The van der Waals surface area contributed by atoms with E-state index in [0.717, 1.165) is 52.2 Å². The van der Waals surface area contributed by atoms with Gasteiger partial charge >= 0.3 is 0 Å². The van der Waals surface area contributed by atoms with Crippen molar-refractivity contribution in [1.29, 1.82) is 0 Å². The van der Waals surface area contributed by atoms with Gasteiger partial charge in [0.15, 0.2) is 0 Å². The van der Waals surface area contributed by atoms with Gasteiger partial charge in [0.2, 0.25) is 5.91 Å². The zero-order valence-corrected chi connectivity index (χ0v) is 11.0. The molecule has 1 rings (SSSR count). The van der Waals surface area contributed by atoms with Crippen LogP contribution in [-0.4, -0.2) is 68.6 Å². The van der Waals surface area contributed by atoms with Gasteiger partial charge in [0.25, 0.3) is 0 Å². The van der Waals surface area contributed by atoms with Crippen LogP contribution in [0.2, 0.25) is 0 Å². The van der Waals surface area contributed by atoms with Gasteiger partial charge in [-0.3, -0.25) is 4.79 Å². The van der Waals surface area contributed by atoms with Gasteiger partial charge in [0.1, 0.15) is 0 Å². The summed E-state index contributed by atoms with van der Waals surface area (Å²) in [6, 6.07) is 0. The number of carbonyl (C=O) groups excluding carboxylic acids is 1. The van der Waals surface area contributed by atoms with Gasteiger partial charge in [-0.2, -0.15) is 0 Å². The first-order chi connectivity index (χ1) is 8.26. The van der Waals surface area contributed by atoms with E-state index in [9.17, 15) is 4.79 Å². The summed E-state index contributed by atoms with van der Waals surface area (Å²) in [5.41, 5.74) is 5.57. The summed E-state index contributed by atoms with van der Waals surface area (Å²) in [4.78, 5) is 16.0. The Morgan fingerprint density at radius 1 is 1.18 bits per heavy atom. The molecule has 17 heavy (non-hydrogen) atoms. The number of hydrogen-bond acceptors (Lipinski definition) is 4. The molecule has 1 aliphatic rings. The van der Waals surface area contributed by atoms with Crippen LogP contribution in [0.4, 0.5) is 0 Å². The van der Waals surface area contributed by atoms with Gasteiger partial charge in [-0.1, -0.05) is 0 Å². The monoisotopic (exact) mass is 242 g/mol. The summed E-state index contributed by atoms with van der Waals surface area (Å²) in [5, 5.41) is 2.66. The molecule has 0 aromatic rings. The summed E-state index contributed by atoms with van der Waals surface area (Å²) in [5.74, 6) is 0.143. The maximum atomic E-state index is 11.1. The van der Waals surface area contributed by atoms with E-state index in [1.165, 1.54) is 6.42 Å². The van der Waals surface area contributed by atoms with Crippen LogP contribution in [0, 0.1) is 0 Å². The molecule has 5 heteroatoms. The Kier molecular flexibility index (Phi) is 7.16. The number of nitrogens with one attached hydrogen (secondary N) is 1. The standard InChI is InChI=1S/C12H26N4O/c1-14-12(17)4-2-6-15-7-3-8-16(9-5-13)11-10-15/h2-11,13H2,1H3,(H,14,17). The molecule has 0 saturated carbocycles. The molecule has 1 aliphatic heterocycles. The number of hydrogen-bond donors (Lipinski definition) is 2. The maximum Gasteiger partial charge on any atom is 0.219 e. The molecule has 0 unspecified atom stereocenters. The van der Waals surface area contributed by atoms with Crippen molar-refractivity contribution in [1.82, 2.24) is 15.1 Å². The molecule has 0 spiro atoms. The largest absolute Gasteiger partial charge is 0.359 e. The number of amides is 1. The van der Waals surface area contributed by atoms with E-state index in [1.54, 1.807) is 7.05 Å². The Morgan fingerprint density at radius 2 is 1.82 bits per heavy atom. The summed E-state index contributed by atoms with van der Waals surface area (Å²) >= 11 is 0. The molecule has 0 radical (unpaired) electrons. The SMILES string of the molecule is CNC(=O)CCCN1CCCN(CCN)CC1. The fourth-order valence-electron chi connectivity index (χ4n) is 2.24. The molecule has 0 atom stereocenters. The van der Waals surface area contributed by atoms with Crippen molar-refractivity contribution in [2.75, 3.05) is 52.9 Å². The van der Waals surface area contributed by atoms with Gasteiger partial charge in [0, 0.05) is 39.6 Å². The minimum atomic E-state index is 0.143. The minimum Gasteiger partial charge on any atom is -0.359 e. The molecule has 0 bridgehead atoms. The minimum absolute atomic E-state index is 0.143. The number of rotatable bonds is 6. The Bertz CT molecular complexity index is 223. The average molecular weight is 242 g/mol. The van der Waals surface area contributed by atoms with Gasteiger partial charge < -0.3 is 20.9 Å². The Labute approximate surface area is 104 Å². The van der Waals surface area contributed by atoms with Crippen LogP contribution in [-0.2, 0) is 4.79 Å². The summed E-state index contributed by atoms with van der Waals surface area (Å²) in [6.07, 6.45) is 2.80. The van der Waals surface area contributed by atoms with Gasteiger partial charge in [-0.15, -0.1) is 0 Å². The number of nitrogens with zero attached hydrogens (tertiary/aromatic N) is 2. The first-order valence-electron chi connectivity index (χ1n) is 6.61. The predicted octanol–water partition coefficient (Wildman–Crippen LogP) is -0.521. The third kappa shape index (κ3) is 6.00. The van der Waals surface area contributed by atoms with E-state index in [2.05, 4.69) is 15.1 Å². The lowest BCUT2D eigenvalue weighted by molar-refractivity contribution is -0.120. The van der Waals surface area contributed by atoms with Crippen molar-refractivity contribution >= 4 is 5.91 Å². The lowest BCUT2D eigenvalue weighted by Gasteiger charge is -2.21. The van der Waals surface area contributed by atoms with Crippen LogP contribution in [0.15, 0.2) is 0 Å². The van der Waals surface area contributed by atoms with Crippen molar-refractivity contribution in [3.8, 4) is 0 Å². The van der Waals surface area contributed by atoms with Gasteiger partial charge in [0.05, 0.1) is 0 Å². The first-order valence-corrected chi connectivity index (χ1v) is 6.61. The zero-order chi connectivity index (χ0) is 12.5. The van der Waals surface area contributed by atoms with E-state index in [1.807, 2.05) is 0 Å². The van der Waals surface area contributed by atoms with Crippen molar-refractivity contribution in [3.05, 3.63) is 0 Å². The molecule has 1 fully saturated rings. The lowest BCUT2D eigenvalue weighted by atomic mass is 10.2. The van der Waals surface area contributed by atoms with E-state index in [4.69, 9.17) is 5.73 Å². The van der Waals surface area contributed by atoms with Gasteiger partial charge in [-0.25, -0.2) is 0 Å². The highest BCUT2D eigenvalue weighted by Gasteiger charge is 2.13. The summed E-state index contributed by atoms with van der Waals surface area (Å²) in [6.45, 7) is 7.30. The first kappa shape index (κ1) is 14.4.